The monoisotopic (exact) mass is 506 g/mol. The van der Waals surface area contributed by atoms with E-state index in [0.29, 0.717) is 5.89 Å². The third-order valence-corrected chi connectivity index (χ3v) is 7.87. The fourth-order valence-corrected chi connectivity index (χ4v) is 5.99. The largest absolute Gasteiger partial charge is 0.436 e. The van der Waals surface area contributed by atoms with Gasteiger partial charge in [-0.2, -0.15) is 0 Å². The molecule has 6 heteroatoms. The Hall–Kier alpha value is -4.94. The molecule has 0 aliphatic heterocycles. The number of thiazole rings is 1. The van der Waals surface area contributed by atoms with Gasteiger partial charge in [-0.15, -0.1) is 11.3 Å². The zero-order valence-electron chi connectivity index (χ0n) is 20.0. The van der Waals surface area contributed by atoms with Crippen LogP contribution in [-0.4, -0.2) is 19.9 Å². The number of hydrogen-bond donors (Lipinski definition) is 0. The molecule has 0 spiro atoms. The highest BCUT2D eigenvalue weighted by Crippen LogP contribution is 2.39. The summed E-state index contributed by atoms with van der Waals surface area (Å²) in [5.74, 6) is 0.584. The van der Waals surface area contributed by atoms with Crippen LogP contribution in [0.4, 0.5) is 0 Å². The van der Waals surface area contributed by atoms with Crippen LogP contribution in [0.3, 0.4) is 0 Å². The highest BCUT2D eigenvalue weighted by atomic mass is 32.1. The molecule has 4 aromatic heterocycles. The second kappa shape index (κ2) is 8.30. The number of pyridine rings is 2. The quantitative estimate of drug-likeness (QED) is 0.225. The Kier molecular flexibility index (Phi) is 4.62. The first-order valence-corrected chi connectivity index (χ1v) is 13.1. The van der Waals surface area contributed by atoms with Gasteiger partial charge in [0.05, 0.1) is 21.3 Å². The van der Waals surface area contributed by atoms with E-state index < -0.39 is 0 Å². The van der Waals surface area contributed by atoms with Gasteiger partial charge in [-0.1, -0.05) is 36.4 Å². The van der Waals surface area contributed by atoms with Crippen molar-refractivity contribution in [3.05, 3.63) is 109 Å². The average Bonchev–Trinajstić information content (AvgIpc) is 3.61. The lowest BCUT2D eigenvalue weighted by atomic mass is 9.95. The number of para-hydroxylation sites is 3. The molecule has 0 fully saturated rings. The fourth-order valence-electron chi connectivity index (χ4n) is 5.04. The van der Waals surface area contributed by atoms with E-state index in [-0.39, 0.29) is 0 Å². The van der Waals surface area contributed by atoms with Crippen molar-refractivity contribution in [3.63, 3.8) is 0 Å². The van der Waals surface area contributed by atoms with Gasteiger partial charge in [0.2, 0.25) is 5.89 Å². The molecule has 0 unspecified atom stereocenters. The number of rotatable bonds is 3. The van der Waals surface area contributed by atoms with Crippen LogP contribution < -0.4 is 0 Å². The number of nitrogens with zero attached hydrogens (tertiary/aromatic N) is 4. The van der Waals surface area contributed by atoms with Crippen LogP contribution in [-0.2, 0) is 0 Å². The molecular weight excluding hydrogens is 488 g/mol. The molecule has 4 heterocycles. The average molecular weight is 507 g/mol. The topological polar surface area (TPSA) is 64.7 Å². The van der Waals surface area contributed by atoms with Crippen molar-refractivity contribution in [1.82, 2.24) is 19.9 Å². The van der Waals surface area contributed by atoms with E-state index in [9.17, 15) is 0 Å². The van der Waals surface area contributed by atoms with Crippen molar-refractivity contribution in [2.24, 2.45) is 0 Å². The van der Waals surface area contributed by atoms with E-state index in [1.807, 2.05) is 60.9 Å². The predicted molar refractivity (Wildman–Crippen MR) is 154 cm³/mol. The first-order chi connectivity index (χ1) is 18.8. The number of aromatic nitrogens is 4. The highest BCUT2D eigenvalue weighted by Gasteiger charge is 2.17. The molecule has 0 amide bonds. The molecule has 8 rings (SSSR count). The molecule has 0 saturated carbocycles. The highest BCUT2D eigenvalue weighted by molar-refractivity contribution is 7.21. The van der Waals surface area contributed by atoms with E-state index in [0.717, 1.165) is 70.4 Å². The maximum atomic E-state index is 6.20. The molecule has 0 radical (unpaired) electrons. The third kappa shape index (κ3) is 3.38. The lowest BCUT2D eigenvalue weighted by Gasteiger charge is -2.12. The maximum absolute atomic E-state index is 6.20. The Morgan fingerprint density at radius 1 is 0.605 bits per heavy atom. The van der Waals surface area contributed by atoms with Crippen LogP contribution in [0.15, 0.2) is 114 Å². The van der Waals surface area contributed by atoms with E-state index in [1.165, 1.54) is 0 Å². The zero-order valence-corrected chi connectivity index (χ0v) is 20.8. The molecule has 38 heavy (non-hydrogen) atoms. The van der Waals surface area contributed by atoms with Gasteiger partial charge in [0.25, 0.3) is 0 Å². The lowest BCUT2D eigenvalue weighted by molar-refractivity contribution is 0.620. The number of fused-ring (bicyclic) bond motifs is 5. The predicted octanol–water partition coefficient (Wildman–Crippen LogP) is 8.53. The standard InChI is InChI=1S/C32H18N4OS/c1-3-11-27-25(9-1)35-31(37-27)21-15-20(16-22(17-21)32-36-26-10-2-4-12-28(26)38-32)24-18-19-7-5-13-33-29(19)30-23(24)8-6-14-34-30/h1-18H. The van der Waals surface area contributed by atoms with Crippen LogP contribution in [0.2, 0.25) is 0 Å². The third-order valence-electron chi connectivity index (χ3n) is 6.79. The number of oxazole rings is 1. The first kappa shape index (κ1) is 21.2. The molecule has 0 bridgehead atoms. The summed E-state index contributed by atoms with van der Waals surface area (Å²) in [7, 11) is 0. The summed E-state index contributed by atoms with van der Waals surface area (Å²) < 4.78 is 7.36. The van der Waals surface area contributed by atoms with Crippen molar-refractivity contribution < 1.29 is 4.42 Å². The van der Waals surface area contributed by atoms with Crippen molar-refractivity contribution in [2.75, 3.05) is 0 Å². The molecule has 4 aromatic carbocycles. The van der Waals surface area contributed by atoms with Gasteiger partial charge in [0.15, 0.2) is 5.58 Å². The van der Waals surface area contributed by atoms with Crippen LogP contribution in [0.25, 0.3) is 76.3 Å². The van der Waals surface area contributed by atoms with Gasteiger partial charge in [-0.3, -0.25) is 9.97 Å². The van der Waals surface area contributed by atoms with E-state index in [2.05, 4.69) is 53.5 Å². The van der Waals surface area contributed by atoms with Gasteiger partial charge in [-0.05, 0) is 71.8 Å². The smallest absolute Gasteiger partial charge is 0.227 e. The minimum atomic E-state index is 0.584. The molecule has 0 atom stereocenters. The second-order valence-electron chi connectivity index (χ2n) is 9.17. The Bertz CT molecular complexity index is 2000. The van der Waals surface area contributed by atoms with Crippen LogP contribution >= 0.6 is 11.3 Å². The number of benzene rings is 4. The second-order valence-corrected chi connectivity index (χ2v) is 10.2. The molecule has 0 aliphatic carbocycles. The van der Waals surface area contributed by atoms with E-state index >= 15 is 0 Å². The van der Waals surface area contributed by atoms with Crippen LogP contribution in [0, 0.1) is 0 Å². The Labute approximate surface area is 221 Å². The fraction of sp³-hybridized carbons (Fsp3) is 0. The van der Waals surface area contributed by atoms with Gasteiger partial charge in [0, 0.05) is 34.3 Å². The summed E-state index contributed by atoms with van der Waals surface area (Å²) in [6.45, 7) is 0. The molecule has 0 aliphatic rings. The summed E-state index contributed by atoms with van der Waals surface area (Å²) in [6.07, 6.45) is 3.64. The van der Waals surface area contributed by atoms with Crippen LogP contribution in [0.5, 0.6) is 0 Å². The molecule has 5 nitrogen and oxygen atoms in total. The normalized spacial score (nSPS) is 11.7. The molecule has 178 valence electrons. The Balaban J connectivity index is 1.42. The zero-order chi connectivity index (χ0) is 25.1. The first-order valence-electron chi connectivity index (χ1n) is 12.3. The number of hydrogen-bond acceptors (Lipinski definition) is 6. The summed E-state index contributed by atoms with van der Waals surface area (Å²) in [5, 5.41) is 3.04. The minimum Gasteiger partial charge on any atom is -0.436 e. The summed E-state index contributed by atoms with van der Waals surface area (Å²) >= 11 is 1.68. The lowest BCUT2D eigenvalue weighted by Crippen LogP contribution is -1.90. The van der Waals surface area contributed by atoms with Crippen LogP contribution in [0.1, 0.15) is 0 Å². The van der Waals surface area contributed by atoms with Gasteiger partial charge >= 0.3 is 0 Å². The van der Waals surface area contributed by atoms with Gasteiger partial charge in [-0.25, -0.2) is 9.97 Å². The Morgan fingerprint density at radius 2 is 1.37 bits per heavy atom. The van der Waals surface area contributed by atoms with Crippen molar-refractivity contribution in [1.29, 1.82) is 0 Å². The molecule has 8 aromatic rings. The summed E-state index contributed by atoms with van der Waals surface area (Å²) in [4.78, 5) is 19.1. The van der Waals surface area contributed by atoms with E-state index in [4.69, 9.17) is 19.4 Å². The maximum Gasteiger partial charge on any atom is 0.227 e. The van der Waals surface area contributed by atoms with Gasteiger partial charge in [0.1, 0.15) is 10.5 Å². The summed E-state index contributed by atoms with van der Waals surface area (Å²) in [6, 6.07) is 32.9. The van der Waals surface area contributed by atoms with Crippen molar-refractivity contribution >= 4 is 54.5 Å². The van der Waals surface area contributed by atoms with E-state index in [1.54, 1.807) is 11.3 Å². The molecular formula is C32H18N4OS. The van der Waals surface area contributed by atoms with Gasteiger partial charge < -0.3 is 4.42 Å². The minimum absolute atomic E-state index is 0.584. The molecule has 0 saturated heterocycles. The Morgan fingerprint density at radius 3 is 2.26 bits per heavy atom. The molecule has 0 N–H and O–H groups in total. The summed E-state index contributed by atoms with van der Waals surface area (Å²) in [5.41, 5.74) is 8.41. The SMILES string of the molecule is c1cnc2c(c1)cc(-c1cc(-c3nc4ccccc4o3)cc(-c3nc4ccccc4s3)c1)c1cccnc12. The van der Waals surface area contributed by atoms with Crippen molar-refractivity contribution in [2.45, 2.75) is 0 Å². The van der Waals surface area contributed by atoms with Crippen molar-refractivity contribution in [3.8, 4) is 33.2 Å².